The van der Waals surface area contributed by atoms with Crippen molar-refractivity contribution in [3.63, 3.8) is 0 Å². The maximum atomic E-state index is 12.7. The standard InChI is InChI=1S/C16H25N3O2/c1-3-5-12-19-15(20)10-9-14(17-19)16(21)18-11-7-6-8-13(18)4-2/h9-10,13H,3-8,11-12H2,1-2H3. The summed E-state index contributed by atoms with van der Waals surface area (Å²) in [6, 6.07) is 3.33. The molecule has 0 radical (unpaired) electrons. The molecule has 1 atom stereocenters. The summed E-state index contributed by atoms with van der Waals surface area (Å²) in [6.45, 7) is 5.56. The largest absolute Gasteiger partial charge is 0.334 e. The van der Waals surface area contributed by atoms with Gasteiger partial charge in [0.2, 0.25) is 0 Å². The van der Waals surface area contributed by atoms with Crippen LogP contribution >= 0.6 is 0 Å². The molecule has 2 rings (SSSR count). The number of likely N-dealkylation sites (tertiary alicyclic amines) is 1. The second-order valence-corrected chi connectivity index (χ2v) is 5.69. The van der Waals surface area contributed by atoms with Gasteiger partial charge in [0, 0.05) is 25.2 Å². The Hall–Kier alpha value is -1.65. The summed E-state index contributed by atoms with van der Waals surface area (Å²) in [5.74, 6) is -0.0354. The van der Waals surface area contributed by atoms with Crippen molar-refractivity contribution in [2.45, 2.75) is 65.0 Å². The summed E-state index contributed by atoms with van der Waals surface area (Å²) in [4.78, 5) is 26.4. The number of carbonyl (C=O) groups excluding carboxylic acids is 1. The molecular formula is C16H25N3O2. The smallest absolute Gasteiger partial charge is 0.274 e. The number of nitrogens with zero attached hydrogens (tertiary/aromatic N) is 3. The van der Waals surface area contributed by atoms with Gasteiger partial charge in [-0.2, -0.15) is 5.10 Å². The predicted molar refractivity (Wildman–Crippen MR) is 82.4 cm³/mol. The van der Waals surface area contributed by atoms with E-state index in [0.29, 0.717) is 18.3 Å². The lowest BCUT2D eigenvalue weighted by molar-refractivity contribution is 0.0599. The lowest BCUT2D eigenvalue weighted by Crippen LogP contribution is -2.44. The number of aryl methyl sites for hydroxylation is 1. The number of piperidine rings is 1. The van der Waals surface area contributed by atoms with E-state index in [0.717, 1.165) is 38.6 Å². The van der Waals surface area contributed by atoms with Crippen LogP contribution in [0, 0.1) is 0 Å². The molecule has 1 amide bonds. The van der Waals surface area contributed by atoms with Crippen molar-refractivity contribution >= 4 is 5.91 Å². The zero-order valence-electron chi connectivity index (χ0n) is 13.0. The highest BCUT2D eigenvalue weighted by atomic mass is 16.2. The number of rotatable bonds is 5. The Bertz CT molecular complexity index is 539. The zero-order chi connectivity index (χ0) is 15.2. The fraction of sp³-hybridized carbons (Fsp3) is 0.688. The van der Waals surface area contributed by atoms with Gasteiger partial charge in [-0.15, -0.1) is 0 Å². The van der Waals surface area contributed by atoms with Crippen molar-refractivity contribution < 1.29 is 4.79 Å². The van der Waals surface area contributed by atoms with Crippen LogP contribution in [-0.4, -0.2) is 33.2 Å². The average Bonchev–Trinajstić information content (AvgIpc) is 2.53. The number of carbonyl (C=O) groups is 1. The van der Waals surface area contributed by atoms with E-state index in [4.69, 9.17) is 0 Å². The first-order valence-electron chi connectivity index (χ1n) is 8.06. The molecule has 21 heavy (non-hydrogen) atoms. The number of hydrogen-bond acceptors (Lipinski definition) is 3. The summed E-state index contributed by atoms with van der Waals surface area (Å²) in [5.41, 5.74) is 0.261. The second kappa shape index (κ2) is 7.38. The van der Waals surface area contributed by atoms with Crippen LogP contribution in [0.4, 0.5) is 0 Å². The lowest BCUT2D eigenvalue weighted by atomic mass is 9.99. The van der Waals surface area contributed by atoms with E-state index in [1.54, 1.807) is 6.07 Å². The van der Waals surface area contributed by atoms with Crippen molar-refractivity contribution in [2.24, 2.45) is 0 Å². The van der Waals surface area contributed by atoms with E-state index in [-0.39, 0.29) is 11.5 Å². The zero-order valence-corrected chi connectivity index (χ0v) is 13.0. The molecule has 1 aromatic heterocycles. The normalized spacial score (nSPS) is 18.8. The molecule has 1 saturated heterocycles. The minimum atomic E-state index is -0.134. The summed E-state index contributed by atoms with van der Waals surface area (Å²) in [6.07, 6.45) is 6.17. The molecule has 1 unspecified atom stereocenters. The van der Waals surface area contributed by atoms with Crippen molar-refractivity contribution in [3.8, 4) is 0 Å². The Labute approximate surface area is 126 Å². The Kier molecular flexibility index (Phi) is 5.53. The molecule has 116 valence electrons. The third-order valence-corrected chi connectivity index (χ3v) is 4.17. The van der Waals surface area contributed by atoms with E-state index < -0.39 is 0 Å². The predicted octanol–water partition coefficient (Wildman–Crippen LogP) is 2.45. The summed E-state index contributed by atoms with van der Waals surface area (Å²) in [5, 5.41) is 4.27. The number of amides is 1. The molecular weight excluding hydrogens is 266 g/mol. The fourth-order valence-electron chi connectivity index (χ4n) is 2.87. The van der Waals surface area contributed by atoms with Gasteiger partial charge in [0.1, 0.15) is 5.69 Å². The molecule has 1 aromatic rings. The van der Waals surface area contributed by atoms with Gasteiger partial charge in [-0.05, 0) is 38.2 Å². The fourth-order valence-corrected chi connectivity index (χ4v) is 2.87. The molecule has 0 N–H and O–H groups in total. The molecule has 5 heteroatoms. The Morgan fingerprint density at radius 3 is 2.86 bits per heavy atom. The van der Waals surface area contributed by atoms with Crippen LogP contribution < -0.4 is 5.56 Å². The monoisotopic (exact) mass is 291 g/mol. The minimum absolute atomic E-state index is 0.0354. The molecule has 1 aliphatic rings. The quantitative estimate of drug-likeness (QED) is 0.837. The minimum Gasteiger partial charge on any atom is -0.334 e. The lowest BCUT2D eigenvalue weighted by Gasteiger charge is -2.35. The van der Waals surface area contributed by atoms with Crippen LogP contribution in [0.15, 0.2) is 16.9 Å². The highest BCUT2D eigenvalue weighted by Gasteiger charge is 2.27. The van der Waals surface area contributed by atoms with Gasteiger partial charge in [-0.1, -0.05) is 20.3 Å². The van der Waals surface area contributed by atoms with Gasteiger partial charge in [-0.3, -0.25) is 9.59 Å². The second-order valence-electron chi connectivity index (χ2n) is 5.69. The Balaban J connectivity index is 2.20. The molecule has 0 aromatic carbocycles. The van der Waals surface area contributed by atoms with Crippen molar-refractivity contribution in [3.05, 3.63) is 28.2 Å². The van der Waals surface area contributed by atoms with Crippen molar-refractivity contribution in [2.75, 3.05) is 6.54 Å². The molecule has 1 aliphatic heterocycles. The van der Waals surface area contributed by atoms with Gasteiger partial charge >= 0.3 is 0 Å². The van der Waals surface area contributed by atoms with Gasteiger partial charge in [0.15, 0.2) is 0 Å². The maximum Gasteiger partial charge on any atom is 0.274 e. The van der Waals surface area contributed by atoms with Crippen LogP contribution in [0.1, 0.15) is 62.9 Å². The van der Waals surface area contributed by atoms with Gasteiger partial charge in [0.05, 0.1) is 0 Å². The molecule has 5 nitrogen and oxygen atoms in total. The summed E-state index contributed by atoms with van der Waals surface area (Å²) < 4.78 is 1.42. The maximum absolute atomic E-state index is 12.7. The van der Waals surface area contributed by atoms with E-state index in [9.17, 15) is 9.59 Å². The molecule has 0 saturated carbocycles. The van der Waals surface area contributed by atoms with E-state index in [1.807, 2.05) is 4.90 Å². The third-order valence-electron chi connectivity index (χ3n) is 4.17. The highest BCUT2D eigenvalue weighted by Crippen LogP contribution is 2.21. The Morgan fingerprint density at radius 1 is 1.33 bits per heavy atom. The molecule has 2 heterocycles. The van der Waals surface area contributed by atoms with Gasteiger partial charge < -0.3 is 4.90 Å². The first-order chi connectivity index (χ1) is 10.2. The number of unbranched alkanes of at least 4 members (excludes halogenated alkanes) is 1. The molecule has 0 spiro atoms. The summed E-state index contributed by atoms with van der Waals surface area (Å²) in [7, 11) is 0. The SMILES string of the molecule is CCCCn1nc(C(=O)N2CCCCC2CC)ccc1=O. The van der Waals surface area contributed by atoms with Gasteiger partial charge in [0.25, 0.3) is 11.5 Å². The first-order valence-corrected chi connectivity index (χ1v) is 8.06. The van der Waals surface area contributed by atoms with E-state index >= 15 is 0 Å². The topological polar surface area (TPSA) is 55.2 Å². The average molecular weight is 291 g/mol. The van der Waals surface area contributed by atoms with Crippen LogP contribution in [-0.2, 0) is 6.54 Å². The van der Waals surface area contributed by atoms with Gasteiger partial charge in [-0.25, -0.2) is 4.68 Å². The third kappa shape index (κ3) is 3.71. The van der Waals surface area contributed by atoms with Crippen LogP contribution in [0.25, 0.3) is 0 Å². The molecule has 0 aliphatic carbocycles. The highest BCUT2D eigenvalue weighted by molar-refractivity contribution is 5.92. The van der Waals surface area contributed by atoms with Crippen LogP contribution in [0.2, 0.25) is 0 Å². The number of aromatic nitrogens is 2. The van der Waals surface area contributed by atoms with Crippen molar-refractivity contribution in [1.82, 2.24) is 14.7 Å². The molecule has 0 bridgehead atoms. The van der Waals surface area contributed by atoms with Crippen LogP contribution in [0.5, 0.6) is 0 Å². The van der Waals surface area contributed by atoms with Crippen LogP contribution in [0.3, 0.4) is 0 Å². The van der Waals surface area contributed by atoms with E-state index in [2.05, 4.69) is 18.9 Å². The van der Waals surface area contributed by atoms with Crippen molar-refractivity contribution in [1.29, 1.82) is 0 Å². The number of hydrogen-bond donors (Lipinski definition) is 0. The summed E-state index contributed by atoms with van der Waals surface area (Å²) >= 11 is 0. The molecule has 1 fully saturated rings. The Morgan fingerprint density at radius 2 is 2.14 bits per heavy atom. The van der Waals surface area contributed by atoms with E-state index in [1.165, 1.54) is 17.2 Å². The first kappa shape index (κ1) is 15.7.